The largest absolute Gasteiger partial charge is 0.300 e. The fraction of sp³-hybridized carbons (Fsp3) is 0.938. The van der Waals surface area contributed by atoms with Gasteiger partial charge in [0.15, 0.2) is 0 Å². The molecule has 3 aliphatic rings. The molecule has 1 heteroatoms. The maximum atomic E-state index is 11.8. The van der Waals surface area contributed by atoms with E-state index in [4.69, 9.17) is 0 Å². The molecular formula is C16H26O. The summed E-state index contributed by atoms with van der Waals surface area (Å²) < 4.78 is 0. The Kier molecular flexibility index (Phi) is 2.48. The van der Waals surface area contributed by atoms with Crippen molar-refractivity contribution in [3.8, 4) is 0 Å². The Hall–Kier alpha value is -0.330. The minimum atomic E-state index is 0.469. The molecule has 0 unspecified atom stereocenters. The van der Waals surface area contributed by atoms with Gasteiger partial charge >= 0.3 is 0 Å². The molecule has 3 saturated carbocycles. The first-order valence-corrected chi connectivity index (χ1v) is 7.45. The lowest BCUT2D eigenvalue weighted by molar-refractivity contribution is -0.118. The van der Waals surface area contributed by atoms with Crippen LogP contribution in [0.5, 0.6) is 0 Å². The molecule has 0 aromatic carbocycles. The highest BCUT2D eigenvalue weighted by Gasteiger charge is 2.56. The normalized spacial score (nSPS) is 48.6. The van der Waals surface area contributed by atoms with Gasteiger partial charge < -0.3 is 0 Å². The molecule has 3 rings (SSSR count). The Bertz CT molecular complexity index is 343. The Morgan fingerprint density at radius 1 is 1.06 bits per heavy atom. The molecule has 0 radical (unpaired) electrons. The zero-order chi connectivity index (χ0) is 12.3. The molecular weight excluding hydrogens is 208 g/mol. The van der Waals surface area contributed by atoms with E-state index in [1.165, 1.54) is 32.1 Å². The predicted octanol–water partition coefficient (Wildman–Crippen LogP) is 4.21. The summed E-state index contributed by atoms with van der Waals surface area (Å²) in [6, 6.07) is 0. The van der Waals surface area contributed by atoms with Crippen molar-refractivity contribution in [2.24, 2.45) is 28.6 Å². The highest BCUT2D eigenvalue weighted by atomic mass is 16.1. The first-order valence-electron chi connectivity index (χ1n) is 7.45. The lowest BCUT2D eigenvalue weighted by atomic mass is 9.47. The molecule has 17 heavy (non-hydrogen) atoms. The van der Waals surface area contributed by atoms with Crippen molar-refractivity contribution in [2.45, 2.75) is 65.7 Å². The number of fused-ring (bicyclic) bond motifs is 3. The Labute approximate surface area is 105 Å². The summed E-state index contributed by atoms with van der Waals surface area (Å²) in [5, 5.41) is 0. The third kappa shape index (κ3) is 1.61. The van der Waals surface area contributed by atoms with Gasteiger partial charge in [-0.3, -0.25) is 4.79 Å². The van der Waals surface area contributed by atoms with E-state index >= 15 is 0 Å². The highest BCUT2D eigenvalue weighted by molar-refractivity contribution is 5.81. The molecule has 4 atom stereocenters. The van der Waals surface area contributed by atoms with E-state index in [0.717, 1.165) is 24.7 Å². The average Bonchev–Trinajstić information content (AvgIpc) is 2.58. The van der Waals surface area contributed by atoms with Gasteiger partial charge in [-0.05, 0) is 54.3 Å². The number of ketones is 1. The van der Waals surface area contributed by atoms with Crippen molar-refractivity contribution in [2.75, 3.05) is 0 Å². The Morgan fingerprint density at radius 2 is 1.82 bits per heavy atom. The lowest BCUT2D eigenvalue weighted by Gasteiger charge is -2.58. The van der Waals surface area contributed by atoms with Gasteiger partial charge in [0, 0.05) is 12.8 Å². The van der Waals surface area contributed by atoms with Crippen LogP contribution in [0.3, 0.4) is 0 Å². The summed E-state index contributed by atoms with van der Waals surface area (Å²) in [7, 11) is 0. The van der Waals surface area contributed by atoms with Crippen LogP contribution < -0.4 is 0 Å². The summed E-state index contributed by atoms with van der Waals surface area (Å²) in [4.78, 5) is 11.8. The molecule has 0 saturated heterocycles. The molecule has 3 aliphatic carbocycles. The van der Waals surface area contributed by atoms with Gasteiger partial charge in [0.2, 0.25) is 0 Å². The molecule has 0 amide bonds. The second-order valence-corrected chi connectivity index (χ2v) is 7.79. The first-order chi connectivity index (χ1) is 7.93. The van der Waals surface area contributed by atoms with E-state index < -0.39 is 0 Å². The van der Waals surface area contributed by atoms with Crippen LogP contribution in [-0.2, 0) is 4.79 Å². The number of carbonyl (C=O) groups excluding carboxylic acids is 1. The number of hydrogen-bond donors (Lipinski definition) is 0. The molecule has 0 aliphatic heterocycles. The minimum absolute atomic E-state index is 0.469. The summed E-state index contributed by atoms with van der Waals surface area (Å²) >= 11 is 0. The van der Waals surface area contributed by atoms with E-state index in [1.807, 2.05) is 0 Å². The average molecular weight is 234 g/mol. The van der Waals surface area contributed by atoms with E-state index in [1.54, 1.807) is 0 Å². The summed E-state index contributed by atoms with van der Waals surface area (Å²) in [6.45, 7) is 7.44. The van der Waals surface area contributed by atoms with Gasteiger partial charge in [-0.1, -0.05) is 27.2 Å². The minimum Gasteiger partial charge on any atom is -0.300 e. The molecule has 1 nitrogen and oxygen atoms in total. The van der Waals surface area contributed by atoms with E-state index in [0.29, 0.717) is 22.5 Å². The number of hydrogen-bond acceptors (Lipinski definition) is 1. The molecule has 0 aromatic heterocycles. The molecule has 96 valence electrons. The third-order valence-electron chi connectivity index (χ3n) is 6.46. The standard InChI is InChI=1S/C16H26O/c1-15(2)7-4-8-16(3)13-10-12(17)9-11(13)5-6-14(15)16/h11,13-14H,4-10H2,1-3H3/t11-,13+,14-,16+/m0/s1. The maximum Gasteiger partial charge on any atom is 0.133 e. The molecule has 0 heterocycles. The Morgan fingerprint density at radius 3 is 2.59 bits per heavy atom. The maximum absolute atomic E-state index is 11.8. The van der Waals surface area contributed by atoms with Gasteiger partial charge in [0.1, 0.15) is 5.78 Å². The van der Waals surface area contributed by atoms with Crippen molar-refractivity contribution in [3.05, 3.63) is 0 Å². The molecule has 0 spiro atoms. The highest BCUT2D eigenvalue weighted by Crippen LogP contribution is 2.63. The second kappa shape index (κ2) is 3.59. The van der Waals surface area contributed by atoms with Crippen LogP contribution >= 0.6 is 0 Å². The smallest absolute Gasteiger partial charge is 0.133 e. The number of carbonyl (C=O) groups is 1. The number of rotatable bonds is 0. The number of Topliss-reactive ketones (excluding diaryl/α,β-unsaturated/α-hetero) is 1. The van der Waals surface area contributed by atoms with Gasteiger partial charge in [-0.25, -0.2) is 0 Å². The van der Waals surface area contributed by atoms with Gasteiger partial charge in [-0.2, -0.15) is 0 Å². The van der Waals surface area contributed by atoms with Crippen molar-refractivity contribution < 1.29 is 4.79 Å². The predicted molar refractivity (Wildman–Crippen MR) is 69.7 cm³/mol. The SMILES string of the molecule is CC1(C)CCC[C@]2(C)[C@@H]3CC(=O)C[C@@H]3CC[C@@H]12. The molecule has 0 aromatic rings. The van der Waals surface area contributed by atoms with Crippen molar-refractivity contribution in [1.29, 1.82) is 0 Å². The zero-order valence-corrected chi connectivity index (χ0v) is 11.6. The fourth-order valence-corrected chi connectivity index (χ4v) is 5.72. The summed E-state index contributed by atoms with van der Waals surface area (Å²) in [5.74, 6) is 2.85. The monoisotopic (exact) mass is 234 g/mol. The van der Waals surface area contributed by atoms with Crippen LogP contribution in [0.25, 0.3) is 0 Å². The van der Waals surface area contributed by atoms with E-state index in [9.17, 15) is 4.79 Å². The molecule has 0 bridgehead atoms. The van der Waals surface area contributed by atoms with Gasteiger partial charge in [0.25, 0.3) is 0 Å². The topological polar surface area (TPSA) is 17.1 Å². The second-order valence-electron chi connectivity index (χ2n) is 7.79. The van der Waals surface area contributed by atoms with Crippen LogP contribution in [0.2, 0.25) is 0 Å². The lowest BCUT2D eigenvalue weighted by Crippen LogP contribution is -2.50. The van der Waals surface area contributed by atoms with Crippen molar-refractivity contribution >= 4 is 5.78 Å². The Balaban J connectivity index is 1.94. The van der Waals surface area contributed by atoms with Crippen LogP contribution in [-0.4, -0.2) is 5.78 Å². The first kappa shape index (κ1) is 11.7. The third-order valence-corrected chi connectivity index (χ3v) is 6.46. The molecule has 3 fully saturated rings. The van der Waals surface area contributed by atoms with Crippen LogP contribution in [0.15, 0.2) is 0 Å². The zero-order valence-electron chi connectivity index (χ0n) is 11.6. The van der Waals surface area contributed by atoms with Crippen molar-refractivity contribution in [1.82, 2.24) is 0 Å². The van der Waals surface area contributed by atoms with E-state index in [-0.39, 0.29) is 0 Å². The van der Waals surface area contributed by atoms with E-state index in [2.05, 4.69) is 20.8 Å². The van der Waals surface area contributed by atoms with Crippen LogP contribution in [0, 0.1) is 28.6 Å². The van der Waals surface area contributed by atoms with Crippen LogP contribution in [0.4, 0.5) is 0 Å². The quantitative estimate of drug-likeness (QED) is 0.613. The van der Waals surface area contributed by atoms with Gasteiger partial charge in [0.05, 0.1) is 0 Å². The van der Waals surface area contributed by atoms with Crippen LogP contribution in [0.1, 0.15) is 65.7 Å². The fourth-order valence-electron chi connectivity index (χ4n) is 5.72. The summed E-state index contributed by atoms with van der Waals surface area (Å²) in [5.41, 5.74) is 0.973. The van der Waals surface area contributed by atoms with Crippen molar-refractivity contribution in [3.63, 3.8) is 0 Å². The van der Waals surface area contributed by atoms with Gasteiger partial charge in [-0.15, -0.1) is 0 Å². The summed E-state index contributed by atoms with van der Waals surface area (Å²) in [6.07, 6.45) is 8.62. The molecule has 0 N–H and O–H groups in total.